The van der Waals surface area contributed by atoms with Gasteiger partial charge < -0.3 is 10.6 Å². The van der Waals surface area contributed by atoms with Crippen molar-refractivity contribution >= 4 is 5.96 Å². The van der Waals surface area contributed by atoms with E-state index in [2.05, 4.69) is 26.7 Å². The smallest absolute Gasteiger partial charge is 0.191 e. The van der Waals surface area contributed by atoms with Gasteiger partial charge in [0, 0.05) is 12.7 Å². The molecular formula is C17H19N5. The third-order valence-electron chi connectivity index (χ3n) is 2.98. The van der Waals surface area contributed by atoms with Gasteiger partial charge in [-0.3, -0.25) is 4.98 Å². The molecule has 0 radical (unpaired) electrons. The number of nitrogens with one attached hydrogen (secondary N) is 2. The number of rotatable bonds is 5. The van der Waals surface area contributed by atoms with Crippen LogP contribution < -0.4 is 10.6 Å². The van der Waals surface area contributed by atoms with E-state index < -0.39 is 0 Å². The van der Waals surface area contributed by atoms with Crippen LogP contribution in [0.4, 0.5) is 0 Å². The van der Waals surface area contributed by atoms with Crippen LogP contribution in [0.25, 0.3) is 0 Å². The van der Waals surface area contributed by atoms with E-state index in [0.29, 0.717) is 18.7 Å². The first-order valence-electron chi connectivity index (χ1n) is 7.23. The lowest BCUT2D eigenvalue weighted by Crippen LogP contribution is -2.37. The molecule has 1 aromatic heterocycles. The van der Waals surface area contributed by atoms with Gasteiger partial charge >= 0.3 is 0 Å². The maximum absolute atomic E-state index is 8.92. The highest BCUT2D eigenvalue weighted by Crippen LogP contribution is 2.05. The number of benzene rings is 1. The van der Waals surface area contributed by atoms with Crippen LogP contribution in [0.15, 0.2) is 53.7 Å². The lowest BCUT2D eigenvalue weighted by Gasteiger charge is -2.11. The molecule has 0 spiro atoms. The van der Waals surface area contributed by atoms with Gasteiger partial charge in [0.1, 0.15) is 0 Å². The first-order chi connectivity index (χ1) is 10.8. The molecule has 0 aliphatic heterocycles. The fourth-order valence-electron chi connectivity index (χ4n) is 1.93. The third kappa shape index (κ3) is 4.91. The van der Waals surface area contributed by atoms with Crippen LogP contribution >= 0.6 is 0 Å². The number of hydrogen-bond acceptors (Lipinski definition) is 3. The van der Waals surface area contributed by atoms with Gasteiger partial charge in [-0.05, 0) is 36.8 Å². The molecule has 2 aromatic rings. The van der Waals surface area contributed by atoms with Crippen LogP contribution in [0, 0.1) is 11.3 Å². The first kappa shape index (κ1) is 15.5. The Morgan fingerprint density at radius 1 is 1.23 bits per heavy atom. The molecule has 5 heteroatoms. The Hall–Kier alpha value is -2.87. The van der Waals surface area contributed by atoms with Crippen molar-refractivity contribution in [2.24, 2.45) is 4.99 Å². The van der Waals surface area contributed by atoms with Crippen LogP contribution in [0.3, 0.4) is 0 Å². The number of aromatic nitrogens is 1. The highest BCUT2D eigenvalue weighted by atomic mass is 15.2. The van der Waals surface area contributed by atoms with Crippen LogP contribution in [-0.4, -0.2) is 17.5 Å². The van der Waals surface area contributed by atoms with Crippen molar-refractivity contribution in [1.29, 1.82) is 5.26 Å². The average Bonchev–Trinajstić information content (AvgIpc) is 2.58. The van der Waals surface area contributed by atoms with Crippen molar-refractivity contribution in [1.82, 2.24) is 15.6 Å². The standard InChI is InChI=1S/C17H19N5/c1-2-19-17(22-13-16-8-3-4-9-20-16)21-12-15-7-5-6-14(10-15)11-18/h3-10H,2,12-13H2,1H3,(H2,19,21,22). The fraction of sp³-hybridized carbons (Fsp3) is 0.235. The summed E-state index contributed by atoms with van der Waals surface area (Å²) in [7, 11) is 0. The normalized spacial score (nSPS) is 10.8. The summed E-state index contributed by atoms with van der Waals surface area (Å²) in [6.07, 6.45) is 1.77. The highest BCUT2D eigenvalue weighted by molar-refractivity contribution is 5.79. The molecule has 112 valence electrons. The van der Waals surface area contributed by atoms with Gasteiger partial charge in [0.25, 0.3) is 0 Å². The Morgan fingerprint density at radius 2 is 2.14 bits per heavy atom. The predicted octanol–water partition coefficient (Wildman–Crippen LogP) is 2.21. The number of nitrogens with zero attached hydrogens (tertiary/aromatic N) is 3. The molecule has 0 fully saturated rings. The van der Waals surface area contributed by atoms with Gasteiger partial charge in [0.15, 0.2) is 5.96 Å². The Balaban J connectivity index is 1.98. The van der Waals surface area contributed by atoms with Crippen LogP contribution in [0.2, 0.25) is 0 Å². The van der Waals surface area contributed by atoms with E-state index in [1.165, 1.54) is 0 Å². The minimum atomic E-state index is 0.521. The van der Waals surface area contributed by atoms with E-state index in [1.54, 1.807) is 12.3 Å². The summed E-state index contributed by atoms with van der Waals surface area (Å²) < 4.78 is 0. The van der Waals surface area contributed by atoms with Gasteiger partial charge in [-0.25, -0.2) is 4.99 Å². The molecule has 0 unspecified atom stereocenters. The lowest BCUT2D eigenvalue weighted by atomic mass is 10.1. The monoisotopic (exact) mass is 293 g/mol. The molecule has 0 saturated heterocycles. The Kier molecular flexibility index (Phi) is 5.94. The van der Waals surface area contributed by atoms with Gasteiger partial charge in [-0.15, -0.1) is 0 Å². The molecule has 1 aromatic carbocycles. The summed E-state index contributed by atoms with van der Waals surface area (Å²) in [4.78, 5) is 8.80. The Morgan fingerprint density at radius 3 is 2.86 bits per heavy atom. The summed E-state index contributed by atoms with van der Waals surface area (Å²) in [6.45, 7) is 3.94. The minimum absolute atomic E-state index is 0.521. The maximum atomic E-state index is 8.92. The highest BCUT2D eigenvalue weighted by Gasteiger charge is 1.99. The lowest BCUT2D eigenvalue weighted by molar-refractivity contribution is 0.799. The summed E-state index contributed by atoms with van der Waals surface area (Å²) in [5.74, 6) is 0.732. The molecule has 2 rings (SSSR count). The average molecular weight is 293 g/mol. The van der Waals surface area contributed by atoms with Gasteiger partial charge in [-0.1, -0.05) is 18.2 Å². The van der Waals surface area contributed by atoms with E-state index in [9.17, 15) is 0 Å². The Bertz CT molecular complexity index is 658. The second kappa shape index (κ2) is 8.42. The van der Waals surface area contributed by atoms with Crippen LogP contribution in [-0.2, 0) is 13.1 Å². The number of pyridine rings is 1. The molecule has 0 bridgehead atoms. The molecule has 0 saturated carbocycles. The number of nitriles is 1. The fourth-order valence-corrected chi connectivity index (χ4v) is 1.93. The third-order valence-corrected chi connectivity index (χ3v) is 2.98. The van der Waals surface area contributed by atoms with Gasteiger partial charge in [0.2, 0.25) is 0 Å². The molecule has 5 nitrogen and oxygen atoms in total. The molecule has 1 heterocycles. The van der Waals surface area contributed by atoms with Crippen molar-refractivity contribution in [2.75, 3.05) is 6.54 Å². The largest absolute Gasteiger partial charge is 0.357 e. The van der Waals surface area contributed by atoms with Crippen molar-refractivity contribution in [3.63, 3.8) is 0 Å². The molecular weight excluding hydrogens is 274 g/mol. The number of aliphatic imine (C=N–C) groups is 1. The zero-order valence-electron chi connectivity index (χ0n) is 12.6. The van der Waals surface area contributed by atoms with E-state index in [-0.39, 0.29) is 0 Å². The van der Waals surface area contributed by atoms with E-state index in [1.807, 2.05) is 43.3 Å². The topological polar surface area (TPSA) is 73.1 Å². The second-order valence-electron chi connectivity index (χ2n) is 4.68. The zero-order chi connectivity index (χ0) is 15.6. The van der Waals surface area contributed by atoms with Gasteiger partial charge in [0.05, 0.1) is 30.4 Å². The molecule has 0 atom stereocenters. The van der Waals surface area contributed by atoms with E-state index in [0.717, 1.165) is 23.8 Å². The van der Waals surface area contributed by atoms with E-state index >= 15 is 0 Å². The molecule has 2 N–H and O–H groups in total. The number of guanidine groups is 1. The predicted molar refractivity (Wildman–Crippen MR) is 87.0 cm³/mol. The minimum Gasteiger partial charge on any atom is -0.357 e. The second-order valence-corrected chi connectivity index (χ2v) is 4.68. The summed E-state index contributed by atoms with van der Waals surface area (Å²) in [6, 6.07) is 15.4. The summed E-state index contributed by atoms with van der Waals surface area (Å²) in [5.41, 5.74) is 2.62. The SMILES string of the molecule is CCNC(=NCc1cccc(C#N)c1)NCc1ccccn1. The maximum Gasteiger partial charge on any atom is 0.191 e. The molecule has 22 heavy (non-hydrogen) atoms. The molecule has 0 aliphatic carbocycles. The van der Waals surface area contributed by atoms with Crippen molar-refractivity contribution in [3.05, 3.63) is 65.5 Å². The quantitative estimate of drug-likeness (QED) is 0.655. The van der Waals surface area contributed by atoms with Crippen molar-refractivity contribution < 1.29 is 0 Å². The van der Waals surface area contributed by atoms with Crippen molar-refractivity contribution in [2.45, 2.75) is 20.0 Å². The first-order valence-corrected chi connectivity index (χ1v) is 7.23. The Labute approximate surface area is 130 Å². The summed E-state index contributed by atoms with van der Waals surface area (Å²) in [5, 5.41) is 15.4. The van der Waals surface area contributed by atoms with Crippen LogP contribution in [0.1, 0.15) is 23.7 Å². The summed E-state index contributed by atoms with van der Waals surface area (Å²) >= 11 is 0. The number of hydrogen-bond donors (Lipinski definition) is 2. The van der Waals surface area contributed by atoms with Crippen LogP contribution in [0.5, 0.6) is 0 Å². The van der Waals surface area contributed by atoms with Gasteiger partial charge in [-0.2, -0.15) is 5.26 Å². The zero-order valence-corrected chi connectivity index (χ0v) is 12.6. The molecule has 0 amide bonds. The molecule has 0 aliphatic rings. The van der Waals surface area contributed by atoms with Crippen molar-refractivity contribution in [3.8, 4) is 6.07 Å². The van der Waals surface area contributed by atoms with E-state index in [4.69, 9.17) is 5.26 Å².